The van der Waals surface area contributed by atoms with E-state index in [-0.39, 0.29) is 0 Å². The fourth-order valence-electron chi connectivity index (χ4n) is 1.38. The summed E-state index contributed by atoms with van der Waals surface area (Å²) < 4.78 is 82.3. The first-order valence-electron chi connectivity index (χ1n) is 5.00. The minimum absolute atomic E-state index is 0.436. The fourth-order valence-corrected chi connectivity index (χ4v) is 1.95. The molecule has 0 spiro atoms. The average Bonchev–Trinajstić information content (AvgIpc) is 2.33. The Morgan fingerprint density at radius 2 is 1.86 bits per heavy atom. The summed E-state index contributed by atoms with van der Waals surface area (Å²) in [6.07, 6.45) is -10.3. The van der Waals surface area contributed by atoms with Crippen LogP contribution in [-0.2, 0) is 16.2 Å². The molecule has 0 bridgehead atoms. The van der Waals surface area contributed by atoms with Gasteiger partial charge in [0.2, 0.25) is 5.88 Å². The van der Waals surface area contributed by atoms with E-state index in [4.69, 9.17) is 0 Å². The van der Waals surface area contributed by atoms with Crippen molar-refractivity contribution < 1.29 is 40.6 Å². The maximum Gasteiger partial charge on any atom is 0.574 e. The van der Waals surface area contributed by atoms with E-state index in [2.05, 4.69) is 30.4 Å². The second-order valence-corrected chi connectivity index (χ2v) is 4.07. The number of pyridine rings is 1. The zero-order valence-corrected chi connectivity index (χ0v) is 11.7. The van der Waals surface area contributed by atoms with Crippen molar-refractivity contribution in [3.63, 3.8) is 0 Å². The minimum Gasteiger partial charge on any atom is -0.465 e. The number of halogens is 7. The molecule has 0 atom stereocenters. The molecule has 1 aromatic rings. The summed E-state index contributed by atoms with van der Waals surface area (Å²) in [5, 5.41) is -0.467. The topological polar surface area (TPSA) is 48.4 Å². The number of hydrogen-bond acceptors (Lipinski definition) is 4. The summed E-state index contributed by atoms with van der Waals surface area (Å²) in [5.74, 6) is -2.65. The predicted molar refractivity (Wildman–Crippen MR) is 59.9 cm³/mol. The third kappa shape index (κ3) is 4.48. The summed E-state index contributed by atoms with van der Waals surface area (Å²) in [6, 6.07) is 0.436. The number of aromatic nitrogens is 1. The number of carbonyl (C=O) groups excluding carboxylic acids is 1. The quantitative estimate of drug-likeness (QED) is 0.455. The van der Waals surface area contributed by atoms with Crippen molar-refractivity contribution in [1.29, 1.82) is 0 Å². The summed E-state index contributed by atoms with van der Waals surface area (Å²) in [7, 11) is 0.873. The third-order valence-corrected chi connectivity index (χ3v) is 2.69. The molecule has 0 aliphatic heterocycles. The van der Waals surface area contributed by atoms with Gasteiger partial charge in [0.15, 0.2) is 5.69 Å². The molecular weight excluding hydrogens is 376 g/mol. The SMILES string of the molecule is COC(=O)c1cc(OC(F)(F)F)nc(C(F)(F)F)c1CBr. The number of methoxy groups -OCH3 is 1. The van der Waals surface area contributed by atoms with Gasteiger partial charge in [-0.1, -0.05) is 15.9 Å². The van der Waals surface area contributed by atoms with Gasteiger partial charge in [0.05, 0.1) is 12.7 Å². The Hall–Kier alpha value is -1.52. The summed E-state index contributed by atoms with van der Waals surface area (Å²) in [4.78, 5) is 14.2. The summed E-state index contributed by atoms with van der Waals surface area (Å²) in [6.45, 7) is 0. The molecule has 1 rings (SSSR count). The Morgan fingerprint density at radius 3 is 2.24 bits per heavy atom. The van der Waals surface area contributed by atoms with E-state index in [1.165, 1.54) is 0 Å². The van der Waals surface area contributed by atoms with E-state index < -0.39 is 46.5 Å². The summed E-state index contributed by atoms with van der Waals surface area (Å²) >= 11 is 2.72. The molecule has 11 heteroatoms. The lowest BCUT2D eigenvalue weighted by Gasteiger charge is -2.16. The average molecular weight is 382 g/mol. The standard InChI is InChI=1S/C10H6BrF6NO3/c1-20-8(19)4-2-6(21-10(15,16)17)18-7(5(4)3-11)9(12,13)14/h2H,3H2,1H3. The molecule has 0 saturated heterocycles. The van der Waals surface area contributed by atoms with Gasteiger partial charge in [0.1, 0.15) is 0 Å². The van der Waals surface area contributed by atoms with Crippen LogP contribution in [0.2, 0.25) is 0 Å². The van der Waals surface area contributed by atoms with E-state index in [1.807, 2.05) is 0 Å². The molecule has 0 aromatic carbocycles. The van der Waals surface area contributed by atoms with Gasteiger partial charge in [-0.2, -0.15) is 13.2 Å². The first-order chi connectivity index (χ1) is 9.49. The van der Waals surface area contributed by atoms with Crippen LogP contribution in [0.1, 0.15) is 21.6 Å². The van der Waals surface area contributed by atoms with Crippen molar-refractivity contribution in [2.24, 2.45) is 0 Å². The highest BCUT2D eigenvalue weighted by atomic mass is 79.9. The van der Waals surface area contributed by atoms with E-state index in [9.17, 15) is 31.1 Å². The highest BCUT2D eigenvalue weighted by Crippen LogP contribution is 2.36. The molecule has 0 aliphatic rings. The minimum atomic E-state index is -5.25. The number of rotatable bonds is 3. The lowest BCUT2D eigenvalue weighted by atomic mass is 10.1. The number of carbonyl (C=O) groups is 1. The number of hydrogen-bond donors (Lipinski definition) is 0. The van der Waals surface area contributed by atoms with Gasteiger partial charge in [0.25, 0.3) is 0 Å². The molecule has 21 heavy (non-hydrogen) atoms. The van der Waals surface area contributed by atoms with Crippen LogP contribution in [0.4, 0.5) is 26.3 Å². The van der Waals surface area contributed by atoms with Crippen LogP contribution in [0.15, 0.2) is 6.07 Å². The Bertz CT molecular complexity index is 543. The van der Waals surface area contributed by atoms with E-state index in [0.717, 1.165) is 7.11 Å². The van der Waals surface area contributed by atoms with Gasteiger partial charge in [-0.25, -0.2) is 9.78 Å². The molecular formula is C10H6BrF6NO3. The lowest BCUT2D eigenvalue weighted by molar-refractivity contribution is -0.276. The van der Waals surface area contributed by atoms with Crippen LogP contribution in [0.25, 0.3) is 0 Å². The van der Waals surface area contributed by atoms with Gasteiger partial charge in [0, 0.05) is 17.0 Å². The third-order valence-electron chi connectivity index (χ3n) is 2.13. The van der Waals surface area contributed by atoms with Crippen molar-refractivity contribution in [2.75, 3.05) is 7.11 Å². The number of esters is 1. The molecule has 1 heterocycles. The second-order valence-electron chi connectivity index (χ2n) is 3.51. The fraction of sp³-hybridized carbons (Fsp3) is 0.400. The first-order valence-corrected chi connectivity index (χ1v) is 6.13. The molecule has 0 radical (unpaired) electrons. The number of nitrogens with zero attached hydrogens (tertiary/aromatic N) is 1. The van der Waals surface area contributed by atoms with Crippen LogP contribution >= 0.6 is 15.9 Å². The summed E-state index contributed by atoms with van der Waals surface area (Å²) in [5.41, 5.74) is -3.04. The largest absolute Gasteiger partial charge is 0.574 e. The smallest absolute Gasteiger partial charge is 0.465 e. The van der Waals surface area contributed by atoms with Gasteiger partial charge < -0.3 is 9.47 Å². The van der Waals surface area contributed by atoms with E-state index in [0.29, 0.717) is 6.07 Å². The van der Waals surface area contributed by atoms with Gasteiger partial charge in [-0.15, -0.1) is 13.2 Å². The molecule has 0 aliphatic carbocycles. The van der Waals surface area contributed by atoms with E-state index in [1.54, 1.807) is 0 Å². The molecule has 1 aromatic heterocycles. The molecule has 118 valence electrons. The maximum atomic E-state index is 12.8. The van der Waals surface area contributed by atoms with Crippen LogP contribution < -0.4 is 4.74 Å². The zero-order valence-electron chi connectivity index (χ0n) is 10.1. The Labute approximate surface area is 122 Å². The van der Waals surface area contributed by atoms with E-state index >= 15 is 0 Å². The molecule has 0 fully saturated rings. The molecule has 0 unspecified atom stereocenters. The van der Waals surface area contributed by atoms with Crippen molar-refractivity contribution in [3.8, 4) is 5.88 Å². The Morgan fingerprint density at radius 1 is 1.29 bits per heavy atom. The Balaban J connectivity index is 3.54. The highest BCUT2D eigenvalue weighted by molar-refractivity contribution is 9.08. The van der Waals surface area contributed by atoms with Gasteiger partial charge >= 0.3 is 18.5 Å². The van der Waals surface area contributed by atoms with Crippen molar-refractivity contribution in [3.05, 3.63) is 22.9 Å². The van der Waals surface area contributed by atoms with Gasteiger partial charge in [-0.3, -0.25) is 0 Å². The molecule has 0 saturated carbocycles. The first kappa shape index (κ1) is 17.5. The van der Waals surface area contributed by atoms with Crippen LogP contribution in [-0.4, -0.2) is 24.4 Å². The Kier molecular flexibility index (Phi) is 5.07. The second kappa shape index (κ2) is 6.08. The predicted octanol–water partition coefficient (Wildman–Crippen LogP) is 3.68. The van der Waals surface area contributed by atoms with Crippen LogP contribution in [0, 0.1) is 0 Å². The van der Waals surface area contributed by atoms with Crippen molar-refractivity contribution in [2.45, 2.75) is 17.9 Å². The molecule has 0 amide bonds. The van der Waals surface area contributed by atoms with Crippen molar-refractivity contribution in [1.82, 2.24) is 4.98 Å². The zero-order chi connectivity index (χ0) is 16.4. The van der Waals surface area contributed by atoms with Crippen LogP contribution in [0.5, 0.6) is 5.88 Å². The highest BCUT2D eigenvalue weighted by Gasteiger charge is 2.40. The van der Waals surface area contributed by atoms with Crippen molar-refractivity contribution >= 4 is 21.9 Å². The van der Waals surface area contributed by atoms with Crippen LogP contribution in [0.3, 0.4) is 0 Å². The molecule has 0 N–H and O–H groups in total. The maximum absolute atomic E-state index is 12.8. The van der Waals surface area contributed by atoms with Gasteiger partial charge in [-0.05, 0) is 0 Å². The monoisotopic (exact) mass is 381 g/mol. The normalized spacial score (nSPS) is 12.2. The number of ether oxygens (including phenoxy) is 2. The molecule has 4 nitrogen and oxygen atoms in total. The lowest BCUT2D eigenvalue weighted by Crippen LogP contribution is -2.22. The number of alkyl halides is 7.